The van der Waals surface area contributed by atoms with Gasteiger partial charge in [0.05, 0.1) is 40.2 Å². The monoisotopic (exact) mass is 1190 g/mol. The van der Waals surface area contributed by atoms with E-state index in [0.29, 0.717) is 49.8 Å². The van der Waals surface area contributed by atoms with Crippen LogP contribution in [0.4, 0.5) is 5.69 Å². The molecule has 0 bridgehead atoms. The van der Waals surface area contributed by atoms with Gasteiger partial charge in [0, 0.05) is 125 Å². The number of amides is 1. The van der Waals surface area contributed by atoms with Crippen LogP contribution in [0.25, 0.3) is 237 Å². The predicted molar refractivity (Wildman–Crippen MR) is 356 cm³/mol. The van der Waals surface area contributed by atoms with Crippen molar-refractivity contribution in [3.8, 4) is 5.75 Å². The van der Waals surface area contributed by atoms with Crippen LogP contribution in [0.3, 0.4) is 0 Å². The summed E-state index contributed by atoms with van der Waals surface area (Å²) >= 11 is 0. The van der Waals surface area contributed by atoms with Crippen molar-refractivity contribution in [1.82, 2.24) is 0 Å². The molecule has 13 heteroatoms. The number of hydrogen-bond acceptors (Lipinski definition) is 12. The highest BCUT2D eigenvalue weighted by Crippen LogP contribution is 2.83. The molecule has 23 aromatic carbocycles. The van der Waals surface area contributed by atoms with Gasteiger partial charge in [0.2, 0.25) is 5.60 Å². The molecule has 0 fully saturated rings. The summed E-state index contributed by atoms with van der Waals surface area (Å²) in [5.41, 5.74) is -4.19. The van der Waals surface area contributed by atoms with Gasteiger partial charge < -0.3 is 18.9 Å². The Morgan fingerprint density at radius 2 is 0.663 bits per heavy atom. The first kappa shape index (κ1) is 43.8. The summed E-state index contributed by atoms with van der Waals surface area (Å²) in [6.45, 7) is 17.7. The highest BCUT2D eigenvalue weighted by molar-refractivity contribution is 6.78. The number of furan rings is 1. The minimum atomic E-state index is -2.03. The number of nitrogens with one attached hydrogen (secondary N) is 1. The SMILES string of the molecule is COc1ccc(NC(=O)c2oc3c4c2[C@@]2(OOC(C)(C)C)c5c6c7c8c(c9c%10c%11c(c%12c(=O)oc%13c%14c(=O)c%15c2c2c5c5c7c7c%16c8c%10c8c%10c%11c%11c%12c%13c%12c%13c%14c%15c%14c2c2c5c7c5c(c%168)c7c%10c%11c%12c8c%13c%14c2c5c87)[C@]39OOC(C)(C)C)[C@]46OOC(C)(C)C)cc1. The minimum Gasteiger partial charge on any atom is -0.497 e. The molecule has 0 radical (unpaired) electrons. The molecule has 25 aromatic rings. The number of carbonyl (C=O) groups is 1. The molecule has 2 heterocycles. The van der Waals surface area contributed by atoms with E-state index in [1.54, 1.807) is 31.4 Å². The highest BCUT2D eigenvalue weighted by atomic mass is 17.2. The van der Waals surface area contributed by atoms with Gasteiger partial charge in [0.15, 0.2) is 33.7 Å². The van der Waals surface area contributed by atoms with E-state index in [1.165, 1.54) is 102 Å². The zero-order valence-corrected chi connectivity index (χ0v) is 50.2. The zero-order chi connectivity index (χ0) is 60.0. The molecule has 5 aliphatic rings. The molecule has 92 heavy (non-hydrogen) atoms. The minimum absolute atomic E-state index is 0.137. The van der Waals surface area contributed by atoms with E-state index < -0.39 is 45.1 Å². The highest BCUT2D eigenvalue weighted by Gasteiger charge is 2.75. The van der Waals surface area contributed by atoms with Gasteiger partial charge in [-0.2, -0.15) is 0 Å². The Morgan fingerprint density at radius 3 is 1.07 bits per heavy atom. The third kappa shape index (κ3) is 3.19. The normalized spacial score (nSPS) is 21.2. The number of ether oxygens (including phenoxy) is 1. The molecule has 0 spiro atoms. The molecule has 0 unspecified atom stereocenters. The summed E-state index contributed by atoms with van der Waals surface area (Å²) < 4.78 is 21.0. The number of benzene rings is 16. The summed E-state index contributed by atoms with van der Waals surface area (Å²) in [5.74, 6) is 0.00208. The summed E-state index contributed by atoms with van der Waals surface area (Å²) in [6.07, 6.45) is 0. The number of methoxy groups -OCH3 is 1. The fourth-order valence-electron chi connectivity index (χ4n) is 23.8. The van der Waals surface area contributed by atoms with E-state index in [2.05, 4.69) is 5.32 Å². The fourth-order valence-corrected chi connectivity index (χ4v) is 23.8. The standard InChI is InChI=1S/C79H35NO12/c1-74(2,3)87-90-77-60-50-40-30-22-17-19-18-21-20(17)27-32(30)42-44-34(27)35-28(21)33-31-23(18)29-36-24(19)26-25(22)37(40)47-48-39(26)46(36)56-49-38(29)41(31)51-53-43(33)45(35)55-54(44)63(62(77)52(42)50)78(91-88-75(4,5)6)64(55)65(53)79(92-89-76(7,8)9,61(51)58(49)73(83)86-69(56)59(48)68(81)57(47)60)71-67(78)66(77)70(85-71)72(82)80-15-11-13-16(84-10)14-12-15/h11-14H,1-10H3,(H,80,82)/t77-,78-,79+/m0/s1. The van der Waals surface area contributed by atoms with Crippen molar-refractivity contribution >= 4 is 249 Å². The van der Waals surface area contributed by atoms with Crippen LogP contribution in [0.5, 0.6) is 5.75 Å². The Balaban J connectivity index is 1.03. The van der Waals surface area contributed by atoms with E-state index in [4.69, 9.17) is 42.9 Å². The van der Waals surface area contributed by atoms with E-state index >= 15 is 14.4 Å². The molecule has 1 N–H and O–H groups in total. The van der Waals surface area contributed by atoms with Crippen LogP contribution >= 0.6 is 0 Å². The first-order valence-electron chi connectivity index (χ1n) is 32.1. The molecule has 428 valence electrons. The van der Waals surface area contributed by atoms with E-state index in [1.807, 2.05) is 62.3 Å². The van der Waals surface area contributed by atoms with Crippen molar-refractivity contribution in [2.45, 2.75) is 95.9 Å². The summed E-state index contributed by atoms with van der Waals surface area (Å²) in [4.78, 5) is 97.0. The summed E-state index contributed by atoms with van der Waals surface area (Å²) in [5, 5.41) is 48.5. The summed E-state index contributed by atoms with van der Waals surface area (Å²) in [7, 11) is 1.61. The predicted octanol–water partition coefficient (Wildman–Crippen LogP) is 18.1. The molecule has 2 aromatic heterocycles. The fraction of sp³-hybridized carbons (Fsp3) is 0.203. The quantitative estimate of drug-likeness (QED) is 0.0481. The molecule has 0 saturated carbocycles. The first-order valence-corrected chi connectivity index (χ1v) is 32.1. The van der Waals surface area contributed by atoms with Gasteiger partial charge in [-0.1, -0.05) is 0 Å². The molecular weight excluding hydrogens is 1150 g/mol. The van der Waals surface area contributed by atoms with Gasteiger partial charge in [-0.05, 0) is 227 Å². The lowest BCUT2D eigenvalue weighted by molar-refractivity contribution is -0.406. The van der Waals surface area contributed by atoms with Crippen LogP contribution in [0.15, 0.2) is 42.7 Å². The van der Waals surface area contributed by atoms with Gasteiger partial charge >= 0.3 is 5.63 Å². The number of hydrogen-bond donors (Lipinski definition) is 1. The van der Waals surface area contributed by atoms with Crippen molar-refractivity contribution in [1.29, 1.82) is 0 Å². The van der Waals surface area contributed by atoms with Gasteiger partial charge in [0.1, 0.15) is 5.75 Å². The Labute approximate surface area is 509 Å². The smallest absolute Gasteiger partial charge is 0.344 e. The third-order valence-electron chi connectivity index (χ3n) is 25.2. The van der Waals surface area contributed by atoms with Gasteiger partial charge in [-0.15, -0.1) is 0 Å². The second-order valence-corrected chi connectivity index (χ2v) is 32.0. The largest absolute Gasteiger partial charge is 0.497 e. The molecule has 1 amide bonds. The average molecular weight is 1190 g/mol. The topological polar surface area (TPSA) is 154 Å². The Hall–Kier alpha value is -9.83. The molecule has 5 aliphatic carbocycles. The maximum Gasteiger partial charge on any atom is 0.344 e. The van der Waals surface area contributed by atoms with Crippen LogP contribution < -0.4 is 21.1 Å². The molecule has 3 atom stereocenters. The number of carbonyl (C=O) groups excluding carboxylic acids is 1. The van der Waals surface area contributed by atoms with E-state index in [9.17, 15) is 0 Å². The van der Waals surface area contributed by atoms with E-state index in [-0.39, 0.29) is 28.1 Å². The van der Waals surface area contributed by atoms with Crippen LogP contribution in [0.1, 0.15) is 123 Å². The van der Waals surface area contributed by atoms with Crippen LogP contribution in [-0.4, -0.2) is 29.8 Å². The summed E-state index contributed by atoms with van der Waals surface area (Å²) in [6, 6.07) is 7.20. The van der Waals surface area contributed by atoms with Crippen molar-refractivity contribution in [3.63, 3.8) is 0 Å². The zero-order valence-electron chi connectivity index (χ0n) is 50.2. The number of fused-ring (bicyclic) bond motifs is 7. The molecule has 0 saturated heterocycles. The van der Waals surface area contributed by atoms with Crippen LogP contribution in [0, 0.1) is 0 Å². The van der Waals surface area contributed by atoms with Crippen LogP contribution in [-0.2, 0) is 46.1 Å². The third-order valence-corrected chi connectivity index (χ3v) is 25.2. The Bertz CT molecular complexity index is 8040. The second kappa shape index (κ2) is 11.1. The van der Waals surface area contributed by atoms with Crippen molar-refractivity contribution < 1.29 is 47.7 Å². The van der Waals surface area contributed by atoms with Crippen LogP contribution in [0.2, 0.25) is 0 Å². The Morgan fingerprint density at radius 1 is 0.348 bits per heavy atom. The van der Waals surface area contributed by atoms with Crippen molar-refractivity contribution in [3.05, 3.63) is 101 Å². The lowest BCUT2D eigenvalue weighted by atomic mass is 9.60. The first-order chi connectivity index (χ1) is 44.3. The Kier molecular flexibility index (Phi) is 5.27. The van der Waals surface area contributed by atoms with Gasteiger partial charge in [-0.3, -0.25) is 9.59 Å². The second-order valence-electron chi connectivity index (χ2n) is 32.0. The van der Waals surface area contributed by atoms with Crippen molar-refractivity contribution in [2.75, 3.05) is 12.4 Å². The maximum absolute atomic E-state index is 17.7. The average Bonchev–Trinajstić information content (AvgIpc) is 1.39. The number of rotatable bonds is 9. The molecule has 30 rings (SSSR count). The van der Waals surface area contributed by atoms with Gasteiger partial charge in [0.25, 0.3) is 5.91 Å². The van der Waals surface area contributed by atoms with E-state index in [0.717, 1.165) is 130 Å². The molecule has 13 nitrogen and oxygen atoms in total. The molecule has 0 aliphatic heterocycles. The molecular formula is C79H35NO12. The maximum atomic E-state index is 17.7. The lowest BCUT2D eigenvalue weighted by Crippen LogP contribution is -2.51. The lowest BCUT2D eigenvalue weighted by Gasteiger charge is -2.49. The number of anilines is 1. The van der Waals surface area contributed by atoms with Gasteiger partial charge in [-0.25, -0.2) is 34.1 Å². The van der Waals surface area contributed by atoms with Crippen molar-refractivity contribution in [2.24, 2.45) is 0 Å².